The fraction of sp³-hybridized carbons (Fsp3) is 0.688. The lowest BCUT2D eigenvalue weighted by Gasteiger charge is -2.22. The molecule has 0 radical (unpaired) electrons. The minimum absolute atomic E-state index is 0.254. The Hall–Kier alpha value is -1.31. The number of hydrogen-bond acceptors (Lipinski definition) is 7. The summed E-state index contributed by atoms with van der Waals surface area (Å²) in [5.41, 5.74) is 1.07. The Kier molecular flexibility index (Phi) is 5.40. The van der Waals surface area contributed by atoms with Crippen LogP contribution < -0.4 is 0 Å². The summed E-state index contributed by atoms with van der Waals surface area (Å²) in [6.45, 7) is 9.30. The fourth-order valence-corrected chi connectivity index (χ4v) is 3.50. The van der Waals surface area contributed by atoms with E-state index in [0.29, 0.717) is 24.4 Å². The molecule has 1 aliphatic rings. The molecule has 0 spiro atoms. The molecule has 0 unspecified atom stereocenters. The number of nitrogens with zero attached hydrogens (tertiary/aromatic N) is 4. The molecule has 0 aliphatic carbocycles. The van der Waals surface area contributed by atoms with Gasteiger partial charge in [0.05, 0.1) is 19.2 Å². The van der Waals surface area contributed by atoms with Gasteiger partial charge in [0, 0.05) is 30.1 Å². The van der Waals surface area contributed by atoms with Crippen LogP contribution in [-0.2, 0) is 17.8 Å². The number of aromatic nitrogens is 3. The van der Waals surface area contributed by atoms with Gasteiger partial charge in [-0.3, -0.25) is 4.90 Å². The average Bonchev–Trinajstić information content (AvgIpc) is 3.22. The first-order valence-corrected chi connectivity index (χ1v) is 9.05. The van der Waals surface area contributed by atoms with Gasteiger partial charge in [0.25, 0.3) is 0 Å². The molecule has 126 valence electrons. The molecule has 0 N–H and O–H groups in total. The third-order valence-corrected chi connectivity index (χ3v) is 4.80. The smallest absolute Gasteiger partial charge is 0.230 e. The highest BCUT2D eigenvalue weighted by Crippen LogP contribution is 2.19. The van der Waals surface area contributed by atoms with E-state index < -0.39 is 0 Å². The first kappa shape index (κ1) is 16.5. The average molecular weight is 336 g/mol. The standard InChI is InChI=1S/C16H24N4O2S/c1-11(2)16-19-18-14(22-16)8-20(7-13-5-4-6-21-13)9-15-17-12(3)10-23-15/h10-11,13H,4-9H2,1-3H3/t13-/m0/s1. The molecule has 7 heteroatoms. The van der Waals surface area contributed by atoms with Crippen molar-refractivity contribution in [2.45, 2.75) is 58.7 Å². The quantitative estimate of drug-likeness (QED) is 0.774. The van der Waals surface area contributed by atoms with E-state index in [1.165, 1.54) is 0 Å². The molecule has 3 heterocycles. The van der Waals surface area contributed by atoms with Gasteiger partial charge in [0.2, 0.25) is 11.8 Å². The zero-order chi connectivity index (χ0) is 16.2. The lowest BCUT2D eigenvalue weighted by Crippen LogP contribution is -2.31. The van der Waals surface area contributed by atoms with Crippen LogP contribution in [0.1, 0.15) is 55.1 Å². The largest absolute Gasteiger partial charge is 0.424 e. The predicted octanol–water partition coefficient (Wildman–Crippen LogP) is 3.14. The van der Waals surface area contributed by atoms with Crippen LogP contribution in [0.4, 0.5) is 0 Å². The lowest BCUT2D eigenvalue weighted by molar-refractivity contribution is 0.0646. The van der Waals surface area contributed by atoms with E-state index in [9.17, 15) is 0 Å². The molecule has 1 fully saturated rings. The van der Waals surface area contributed by atoms with E-state index >= 15 is 0 Å². The summed E-state index contributed by atoms with van der Waals surface area (Å²) in [5, 5.41) is 11.5. The fourth-order valence-electron chi connectivity index (χ4n) is 2.68. The minimum atomic E-state index is 0.254. The molecular formula is C16H24N4O2S. The van der Waals surface area contributed by atoms with Crippen LogP contribution >= 0.6 is 11.3 Å². The van der Waals surface area contributed by atoms with Crippen LogP contribution in [0.5, 0.6) is 0 Å². The molecule has 1 saturated heterocycles. The van der Waals surface area contributed by atoms with E-state index in [0.717, 1.165) is 43.2 Å². The summed E-state index contributed by atoms with van der Waals surface area (Å²) in [4.78, 5) is 6.87. The Morgan fingerprint density at radius 1 is 1.35 bits per heavy atom. The van der Waals surface area contributed by atoms with Crippen molar-refractivity contribution in [1.29, 1.82) is 0 Å². The molecule has 0 amide bonds. The van der Waals surface area contributed by atoms with Gasteiger partial charge in [-0.05, 0) is 19.8 Å². The van der Waals surface area contributed by atoms with E-state index in [1.807, 2.05) is 6.92 Å². The van der Waals surface area contributed by atoms with Crippen molar-refractivity contribution in [3.05, 3.63) is 27.9 Å². The number of rotatable bonds is 7. The third-order valence-electron chi connectivity index (χ3n) is 3.85. The van der Waals surface area contributed by atoms with Gasteiger partial charge in [-0.1, -0.05) is 13.8 Å². The molecule has 0 aromatic carbocycles. The molecule has 0 bridgehead atoms. The summed E-state index contributed by atoms with van der Waals surface area (Å²) >= 11 is 1.70. The van der Waals surface area contributed by atoms with Gasteiger partial charge < -0.3 is 9.15 Å². The van der Waals surface area contributed by atoms with Gasteiger partial charge in [-0.15, -0.1) is 21.5 Å². The van der Waals surface area contributed by atoms with E-state index in [1.54, 1.807) is 11.3 Å². The zero-order valence-corrected chi connectivity index (χ0v) is 14.8. The molecule has 23 heavy (non-hydrogen) atoms. The van der Waals surface area contributed by atoms with Crippen molar-refractivity contribution in [3.8, 4) is 0 Å². The van der Waals surface area contributed by atoms with Crippen molar-refractivity contribution < 1.29 is 9.15 Å². The van der Waals surface area contributed by atoms with Crippen LogP contribution in [-0.4, -0.2) is 39.3 Å². The van der Waals surface area contributed by atoms with Gasteiger partial charge in [0.15, 0.2) is 0 Å². The molecular weight excluding hydrogens is 312 g/mol. The van der Waals surface area contributed by atoms with Crippen molar-refractivity contribution in [2.24, 2.45) is 0 Å². The van der Waals surface area contributed by atoms with E-state index in [4.69, 9.17) is 9.15 Å². The SMILES string of the molecule is Cc1csc(CN(Cc2nnc(C(C)C)o2)C[C@@H]2CCCO2)n1. The Labute approximate surface area is 140 Å². The second-order valence-corrected chi connectivity index (χ2v) is 7.32. The first-order valence-electron chi connectivity index (χ1n) is 8.17. The van der Waals surface area contributed by atoms with Gasteiger partial charge in [0.1, 0.15) is 5.01 Å². The number of ether oxygens (including phenoxy) is 1. The summed E-state index contributed by atoms with van der Waals surface area (Å²) in [5.74, 6) is 1.62. The third kappa shape index (κ3) is 4.59. The monoisotopic (exact) mass is 336 g/mol. The molecule has 2 aromatic heterocycles. The maximum absolute atomic E-state index is 5.78. The van der Waals surface area contributed by atoms with E-state index in [-0.39, 0.29) is 5.92 Å². The number of hydrogen-bond donors (Lipinski definition) is 0. The highest BCUT2D eigenvalue weighted by molar-refractivity contribution is 7.09. The Balaban J connectivity index is 1.67. The number of aryl methyl sites for hydroxylation is 1. The summed E-state index contributed by atoms with van der Waals surface area (Å²) in [7, 11) is 0. The second-order valence-electron chi connectivity index (χ2n) is 6.38. The molecule has 1 atom stereocenters. The van der Waals surface area contributed by atoms with Crippen LogP contribution in [0.15, 0.2) is 9.80 Å². The van der Waals surface area contributed by atoms with Crippen LogP contribution in [0.3, 0.4) is 0 Å². The summed E-state index contributed by atoms with van der Waals surface area (Å²) in [6, 6.07) is 0. The van der Waals surface area contributed by atoms with Gasteiger partial charge in [-0.25, -0.2) is 4.98 Å². The van der Waals surface area contributed by atoms with Gasteiger partial charge >= 0.3 is 0 Å². The molecule has 2 aromatic rings. The van der Waals surface area contributed by atoms with Crippen molar-refractivity contribution in [2.75, 3.05) is 13.2 Å². The molecule has 0 saturated carbocycles. The second kappa shape index (κ2) is 7.51. The highest BCUT2D eigenvalue weighted by atomic mass is 32.1. The molecule has 1 aliphatic heterocycles. The van der Waals surface area contributed by atoms with Crippen LogP contribution in [0.25, 0.3) is 0 Å². The summed E-state index contributed by atoms with van der Waals surface area (Å²) in [6.07, 6.45) is 2.56. The first-order chi connectivity index (χ1) is 11.1. The highest BCUT2D eigenvalue weighted by Gasteiger charge is 2.22. The Morgan fingerprint density at radius 2 is 2.22 bits per heavy atom. The van der Waals surface area contributed by atoms with Crippen molar-refractivity contribution in [1.82, 2.24) is 20.1 Å². The van der Waals surface area contributed by atoms with Crippen molar-refractivity contribution in [3.63, 3.8) is 0 Å². The predicted molar refractivity (Wildman–Crippen MR) is 88.3 cm³/mol. The normalized spacial score (nSPS) is 18.4. The maximum Gasteiger partial charge on any atom is 0.230 e. The number of thiazole rings is 1. The zero-order valence-electron chi connectivity index (χ0n) is 14.0. The lowest BCUT2D eigenvalue weighted by atomic mass is 10.2. The topological polar surface area (TPSA) is 64.3 Å². The summed E-state index contributed by atoms with van der Waals surface area (Å²) < 4.78 is 11.5. The van der Waals surface area contributed by atoms with Crippen LogP contribution in [0, 0.1) is 6.92 Å². The maximum atomic E-state index is 5.78. The van der Waals surface area contributed by atoms with Gasteiger partial charge in [-0.2, -0.15) is 0 Å². The van der Waals surface area contributed by atoms with E-state index in [2.05, 4.69) is 39.3 Å². The molecule has 6 nitrogen and oxygen atoms in total. The Bertz CT molecular complexity index is 619. The van der Waals surface area contributed by atoms with Crippen molar-refractivity contribution >= 4 is 11.3 Å². The molecule has 3 rings (SSSR count). The Morgan fingerprint density at radius 3 is 2.83 bits per heavy atom. The minimum Gasteiger partial charge on any atom is -0.424 e. The van der Waals surface area contributed by atoms with Crippen LogP contribution in [0.2, 0.25) is 0 Å².